The minimum Gasteiger partial charge on any atom is -0.486 e. The first-order valence-electron chi connectivity index (χ1n) is 11.6. The largest absolute Gasteiger partial charge is 0.486 e. The monoisotopic (exact) mass is 505 g/mol. The maximum Gasteiger partial charge on any atom is 0.295 e. The topological polar surface area (TPSA) is 119 Å². The first-order valence-corrected chi connectivity index (χ1v) is 11.6. The van der Waals surface area contributed by atoms with Gasteiger partial charge in [-0.25, -0.2) is 18.7 Å². The molecular formula is C27H25F2N5O3. The van der Waals surface area contributed by atoms with E-state index in [0.29, 0.717) is 17.0 Å². The van der Waals surface area contributed by atoms with E-state index < -0.39 is 23.4 Å². The highest BCUT2D eigenvalue weighted by atomic mass is 19.1. The van der Waals surface area contributed by atoms with E-state index in [0.717, 1.165) is 24.5 Å². The van der Waals surface area contributed by atoms with Gasteiger partial charge < -0.3 is 21.1 Å². The zero-order valence-electron chi connectivity index (χ0n) is 20.3. The number of ether oxygens (including phenoxy) is 1. The third-order valence-electron chi connectivity index (χ3n) is 5.87. The molecule has 1 fully saturated rings. The summed E-state index contributed by atoms with van der Waals surface area (Å²) in [4.78, 5) is 32.5. The SMILES string of the molecule is CC#CC(=O)NCCOc1c(N)ncnc1-c1cc(F)cc(NC(=O)c2ccc(C3CC3)cc2F)c1C. The number of amides is 2. The van der Waals surface area contributed by atoms with E-state index in [1.54, 1.807) is 19.9 Å². The summed E-state index contributed by atoms with van der Waals surface area (Å²) in [5, 5.41) is 5.16. The molecule has 1 aliphatic rings. The first kappa shape index (κ1) is 25.6. The van der Waals surface area contributed by atoms with Gasteiger partial charge in [-0.2, -0.15) is 0 Å². The van der Waals surface area contributed by atoms with Gasteiger partial charge in [-0.15, -0.1) is 0 Å². The van der Waals surface area contributed by atoms with Crippen LogP contribution in [0, 0.1) is 30.4 Å². The van der Waals surface area contributed by atoms with Gasteiger partial charge in [0.25, 0.3) is 11.8 Å². The Labute approximate surface area is 212 Å². The van der Waals surface area contributed by atoms with Gasteiger partial charge >= 0.3 is 0 Å². The minimum atomic E-state index is -0.705. The lowest BCUT2D eigenvalue weighted by molar-refractivity contribution is -0.115. The molecule has 190 valence electrons. The van der Waals surface area contributed by atoms with Crippen molar-refractivity contribution >= 4 is 23.3 Å². The summed E-state index contributed by atoms with van der Waals surface area (Å²) in [6.07, 6.45) is 3.23. The number of nitrogens with two attached hydrogens (primary N) is 1. The second kappa shape index (κ2) is 11.0. The van der Waals surface area contributed by atoms with Crippen molar-refractivity contribution < 1.29 is 23.1 Å². The van der Waals surface area contributed by atoms with Crippen LogP contribution in [0.15, 0.2) is 36.7 Å². The Morgan fingerprint density at radius 1 is 1.19 bits per heavy atom. The van der Waals surface area contributed by atoms with E-state index in [-0.39, 0.29) is 41.7 Å². The highest BCUT2D eigenvalue weighted by Gasteiger charge is 2.25. The average Bonchev–Trinajstić information content (AvgIpc) is 3.70. The van der Waals surface area contributed by atoms with Gasteiger partial charge in [0.15, 0.2) is 11.6 Å². The molecule has 1 saturated carbocycles. The van der Waals surface area contributed by atoms with Crippen LogP contribution in [0.2, 0.25) is 0 Å². The zero-order valence-corrected chi connectivity index (χ0v) is 20.3. The second-order valence-corrected chi connectivity index (χ2v) is 8.51. The number of rotatable bonds is 8. The predicted octanol–water partition coefficient (Wildman–Crippen LogP) is 3.96. The van der Waals surface area contributed by atoms with Gasteiger partial charge in [-0.05, 0) is 73.9 Å². The number of aromatic nitrogens is 2. The van der Waals surface area contributed by atoms with Crippen LogP contribution in [0.25, 0.3) is 11.3 Å². The number of nitrogens with zero attached hydrogens (tertiary/aromatic N) is 2. The van der Waals surface area contributed by atoms with E-state index in [2.05, 4.69) is 32.4 Å². The van der Waals surface area contributed by atoms with Crippen LogP contribution in [0.4, 0.5) is 20.3 Å². The summed E-state index contributed by atoms with van der Waals surface area (Å²) >= 11 is 0. The maximum absolute atomic E-state index is 14.7. The maximum atomic E-state index is 14.7. The van der Waals surface area contributed by atoms with Crippen LogP contribution in [0.1, 0.15) is 47.2 Å². The Morgan fingerprint density at radius 3 is 2.68 bits per heavy atom. The fourth-order valence-electron chi connectivity index (χ4n) is 3.83. The van der Waals surface area contributed by atoms with Crippen LogP contribution in [-0.2, 0) is 4.79 Å². The van der Waals surface area contributed by atoms with Crippen LogP contribution >= 0.6 is 0 Å². The highest BCUT2D eigenvalue weighted by Crippen LogP contribution is 2.40. The molecular weight excluding hydrogens is 480 g/mol. The molecule has 0 aliphatic heterocycles. The van der Waals surface area contributed by atoms with E-state index in [1.807, 2.05) is 0 Å². The number of benzene rings is 2. The molecule has 37 heavy (non-hydrogen) atoms. The Morgan fingerprint density at radius 2 is 1.97 bits per heavy atom. The van der Waals surface area contributed by atoms with Gasteiger partial charge in [0, 0.05) is 11.3 Å². The van der Waals surface area contributed by atoms with Gasteiger partial charge in [-0.3, -0.25) is 9.59 Å². The lowest BCUT2D eigenvalue weighted by Crippen LogP contribution is -2.27. The molecule has 4 N–H and O–H groups in total. The quantitative estimate of drug-likeness (QED) is 0.315. The van der Waals surface area contributed by atoms with Crippen molar-refractivity contribution in [2.75, 3.05) is 24.2 Å². The van der Waals surface area contributed by atoms with Crippen LogP contribution in [0.3, 0.4) is 0 Å². The lowest BCUT2D eigenvalue weighted by Gasteiger charge is -2.17. The Balaban J connectivity index is 1.58. The van der Waals surface area contributed by atoms with Gasteiger partial charge in [-0.1, -0.05) is 12.0 Å². The normalized spacial score (nSPS) is 12.3. The number of carbonyl (C=O) groups excluding carboxylic acids is 2. The Hall–Kier alpha value is -4.52. The molecule has 1 heterocycles. The fraction of sp³-hybridized carbons (Fsp3) is 0.259. The summed E-state index contributed by atoms with van der Waals surface area (Å²) < 4.78 is 35.0. The van der Waals surface area contributed by atoms with E-state index in [4.69, 9.17) is 10.5 Å². The fourth-order valence-corrected chi connectivity index (χ4v) is 3.83. The molecule has 8 nitrogen and oxygen atoms in total. The standard InChI is InChI=1S/C27H25F2N5O3/c1-3-4-23(35)31-9-10-37-25-24(32-14-33-26(25)30)20-12-18(28)13-22(15(20)2)34-27(36)19-8-7-17(11-21(19)29)16-5-6-16/h7-8,11-14,16H,5-6,9-10H2,1-2H3,(H,31,35)(H,34,36)(H2,30,32,33). The van der Waals surface area contributed by atoms with Crippen LogP contribution in [-0.4, -0.2) is 34.9 Å². The Kier molecular flexibility index (Phi) is 7.63. The van der Waals surface area contributed by atoms with Crippen molar-refractivity contribution in [3.63, 3.8) is 0 Å². The third kappa shape index (κ3) is 6.01. The van der Waals surface area contributed by atoms with Gasteiger partial charge in [0.1, 0.15) is 30.3 Å². The van der Waals surface area contributed by atoms with Crippen molar-refractivity contribution in [2.24, 2.45) is 0 Å². The van der Waals surface area contributed by atoms with Crippen molar-refractivity contribution in [1.82, 2.24) is 15.3 Å². The molecule has 1 aromatic heterocycles. The van der Waals surface area contributed by atoms with E-state index in [1.165, 1.54) is 24.5 Å². The minimum absolute atomic E-state index is 0.0109. The summed E-state index contributed by atoms with van der Waals surface area (Å²) in [5.74, 6) is 2.83. The van der Waals surface area contributed by atoms with Crippen LogP contribution in [0.5, 0.6) is 5.75 Å². The molecule has 0 atom stereocenters. The lowest BCUT2D eigenvalue weighted by atomic mass is 10.0. The van der Waals surface area contributed by atoms with E-state index in [9.17, 15) is 18.4 Å². The molecule has 2 aromatic carbocycles. The summed E-state index contributed by atoms with van der Waals surface area (Å²) in [6.45, 7) is 3.36. The first-order chi connectivity index (χ1) is 17.8. The molecule has 3 aromatic rings. The van der Waals surface area contributed by atoms with Gasteiger partial charge in [0.2, 0.25) is 0 Å². The number of carbonyl (C=O) groups is 2. The predicted molar refractivity (Wildman–Crippen MR) is 135 cm³/mol. The molecule has 2 amide bonds. The molecule has 0 unspecified atom stereocenters. The number of nitrogen functional groups attached to an aromatic ring is 1. The number of anilines is 2. The molecule has 0 saturated heterocycles. The number of halogens is 2. The van der Waals surface area contributed by atoms with Crippen molar-refractivity contribution in [1.29, 1.82) is 0 Å². The summed E-state index contributed by atoms with van der Waals surface area (Å²) in [7, 11) is 0. The van der Waals surface area contributed by atoms with Crippen molar-refractivity contribution in [3.05, 3.63) is 65.0 Å². The second-order valence-electron chi connectivity index (χ2n) is 8.51. The third-order valence-corrected chi connectivity index (χ3v) is 5.87. The van der Waals surface area contributed by atoms with E-state index >= 15 is 0 Å². The molecule has 0 spiro atoms. The summed E-state index contributed by atoms with van der Waals surface area (Å²) in [5.41, 5.74) is 7.81. The van der Waals surface area contributed by atoms with Crippen molar-refractivity contribution in [3.8, 4) is 28.8 Å². The highest BCUT2D eigenvalue weighted by molar-refractivity contribution is 6.05. The number of hydrogen-bond donors (Lipinski definition) is 3. The number of hydrogen-bond acceptors (Lipinski definition) is 6. The molecule has 0 radical (unpaired) electrons. The zero-order chi connectivity index (χ0) is 26.5. The average molecular weight is 506 g/mol. The Bertz CT molecular complexity index is 1430. The molecule has 0 bridgehead atoms. The number of nitrogens with one attached hydrogen (secondary N) is 2. The van der Waals surface area contributed by atoms with Crippen molar-refractivity contribution in [2.45, 2.75) is 32.6 Å². The molecule has 1 aliphatic carbocycles. The van der Waals surface area contributed by atoms with Gasteiger partial charge in [0.05, 0.1) is 12.1 Å². The molecule has 10 heteroatoms. The smallest absolute Gasteiger partial charge is 0.295 e. The molecule has 4 rings (SSSR count). The summed E-state index contributed by atoms with van der Waals surface area (Å²) in [6, 6.07) is 6.92. The van der Waals surface area contributed by atoms with Crippen LogP contribution < -0.4 is 21.1 Å².